The smallest absolute Gasteiger partial charge is 0.434 e. The molecule has 0 spiro atoms. The van der Waals surface area contributed by atoms with Crippen LogP contribution in [0.3, 0.4) is 0 Å². The van der Waals surface area contributed by atoms with Gasteiger partial charge in [-0.25, -0.2) is 4.79 Å². The summed E-state index contributed by atoms with van der Waals surface area (Å²) < 4.78 is 5.23. The minimum atomic E-state index is -0.713. The van der Waals surface area contributed by atoms with Gasteiger partial charge in [0.25, 0.3) is 0 Å². The molecule has 0 saturated carbocycles. The summed E-state index contributed by atoms with van der Waals surface area (Å²) in [5, 5.41) is 0. The molecule has 0 aliphatic rings. The normalized spacial score (nSPS) is 12.3. The molecule has 1 amide bonds. The fourth-order valence-corrected chi connectivity index (χ4v) is 2.33. The van der Waals surface area contributed by atoms with Crippen molar-refractivity contribution in [2.75, 3.05) is 19.6 Å². The van der Waals surface area contributed by atoms with Gasteiger partial charge in [0.05, 0.1) is 5.71 Å². The quantitative estimate of drug-likeness (QED) is 0.670. The molecule has 0 unspecified atom stereocenters. The van der Waals surface area contributed by atoms with Crippen molar-refractivity contribution >= 4 is 17.6 Å². The van der Waals surface area contributed by atoms with Crippen molar-refractivity contribution < 1.29 is 14.3 Å². The highest BCUT2D eigenvalue weighted by molar-refractivity contribution is 6.41. The van der Waals surface area contributed by atoms with Gasteiger partial charge in [0.2, 0.25) is 0 Å². The van der Waals surface area contributed by atoms with Crippen LogP contribution in [0.25, 0.3) is 0 Å². The highest BCUT2D eigenvalue weighted by Gasteiger charge is 2.19. The first kappa shape index (κ1) is 21.0. The van der Waals surface area contributed by atoms with E-state index in [0.717, 1.165) is 18.7 Å². The van der Waals surface area contributed by atoms with Crippen LogP contribution in [0.1, 0.15) is 46.6 Å². The van der Waals surface area contributed by atoms with Crippen LogP contribution in [0.4, 0.5) is 4.79 Å². The standard InChI is InChI=1S/C20H30N2O3/c1-6-22(7-2)14-13-18(23)17(15-16-11-9-8-10-12-16)21-19(24)25-20(3,4)5/h8-12H,6-7,13-15H2,1-5H3. The second kappa shape index (κ2) is 10.1. The Kier molecular flexibility index (Phi) is 8.49. The predicted molar refractivity (Wildman–Crippen MR) is 101 cm³/mol. The van der Waals surface area contributed by atoms with E-state index in [1.807, 2.05) is 30.3 Å². The number of ketones is 1. The number of nitrogens with zero attached hydrogens (tertiary/aromatic N) is 2. The average Bonchev–Trinajstić information content (AvgIpc) is 2.54. The lowest BCUT2D eigenvalue weighted by Gasteiger charge is -2.19. The number of rotatable bonds is 8. The Morgan fingerprint density at radius 3 is 2.20 bits per heavy atom. The Balaban J connectivity index is 2.90. The van der Waals surface area contributed by atoms with Crippen molar-refractivity contribution in [2.24, 2.45) is 4.99 Å². The number of benzene rings is 1. The first-order valence-electron chi connectivity index (χ1n) is 8.85. The van der Waals surface area contributed by atoms with E-state index >= 15 is 0 Å². The molecule has 0 bridgehead atoms. The fourth-order valence-electron chi connectivity index (χ4n) is 2.33. The summed E-state index contributed by atoms with van der Waals surface area (Å²) in [6.07, 6.45) is -0.0394. The monoisotopic (exact) mass is 346 g/mol. The van der Waals surface area contributed by atoms with Crippen molar-refractivity contribution in [3.05, 3.63) is 35.9 Å². The third-order valence-corrected chi connectivity index (χ3v) is 3.71. The molecule has 5 nitrogen and oxygen atoms in total. The molecular formula is C20H30N2O3. The molecule has 0 N–H and O–H groups in total. The van der Waals surface area contributed by atoms with E-state index in [-0.39, 0.29) is 11.5 Å². The summed E-state index contributed by atoms with van der Waals surface area (Å²) in [4.78, 5) is 30.8. The van der Waals surface area contributed by atoms with E-state index in [1.165, 1.54) is 0 Å². The Bertz CT molecular complexity index is 585. The van der Waals surface area contributed by atoms with Crippen molar-refractivity contribution in [3.63, 3.8) is 0 Å². The lowest BCUT2D eigenvalue weighted by Crippen LogP contribution is -2.29. The number of ether oxygens (including phenoxy) is 1. The summed E-state index contributed by atoms with van der Waals surface area (Å²) in [5.41, 5.74) is 0.566. The zero-order valence-electron chi connectivity index (χ0n) is 16.0. The molecule has 1 aromatic carbocycles. The van der Waals surface area contributed by atoms with Crippen molar-refractivity contribution in [1.29, 1.82) is 0 Å². The van der Waals surface area contributed by atoms with E-state index < -0.39 is 11.7 Å². The van der Waals surface area contributed by atoms with Gasteiger partial charge in [-0.15, -0.1) is 0 Å². The Morgan fingerprint density at radius 1 is 1.08 bits per heavy atom. The van der Waals surface area contributed by atoms with E-state index in [9.17, 15) is 9.59 Å². The van der Waals surface area contributed by atoms with Gasteiger partial charge in [-0.3, -0.25) is 4.79 Å². The number of aliphatic imine (C=N–C) groups is 1. The summed E-state index contributed by atoms with van der Waals surface area (Å²) in [7, 11) is 0. The molecule has 0 atom stereocenters. The molecule has 0 heterocycles. The molecule has 138 valence electrons. The van der Waals surface area contributed by atoms with Gasteiger partial charge in [0.1, 0.15) is 5.60 Å². The Labute approximate surface area is 151 Å². The van der Waals surface area contributed by atoms with Crippen LogP contribution in [-0.2, 0) is 16.0 Å². The maximum Gasteiger partial charge on any atom is 0.434 e. The zero-order valence-corrected chi connectivity index (χ0v) is 16.0. The molecule has 1 rings (SSSR count). The highest BCUT2D eigenvalue weighted by Crippen LogP contribution is 2.10. The third kappa shape index (κ3) is 8.59. The summed E-state index contributed by atoms with van der Waals surface area (Å²) >= 11 is 0. The van der Waals surface area contributed by atoms with Gasteiger partial charge in [-0.05, 0) is 39.4 Å². The molecule has 5 heteroatoms. The van der Waals surface area contributed by atoms with Crippen molar-refractivity contribution in [2.45, 2.75) is 53.1 Å². The lowest BCUT2D eigenvalue weighted by molar-refractivity contribution is -0.113. The van der Waals surface area contributed by atoms with Crippen molar-refractivity contribution in [1.82, 2.24) is 4.90 Å². The van der Waals surface area contributed by atoms with Crippen LogP contribution in [0.2, 0.25) is 0 Å². The Morgan fingerprint density at radius 2 is 1.68 bits per heavy atom. The maximum atomic E-state index is 12.6. The largest absolute Gasteiger partial charge is 0.442 e. The number of hydrogen-bond donors (Lipinski definition) is 0. The molecule has 25 heavy (non-hydrogen) atoms. The number of hydrogen-bond acceptors (Lipinski definition) is 4. The van der Waals surface area contributed by atoms with Crippen LogP contribution in [0.15, 0.2) is 35.3 Å². The van der Waals surface area contributed by atoms with Gasteiger partial charge in [-0.1, -0.05) is 44.2 Å². The topological polar surface area (TPSA) is 59.0 Å². The molecule has 0 radical (unpaired) electrons. The second-order valence-electron chi connectivity index (χ2n) is 6.90. The number of Topliss-reactive ketones (excluding diaryl/α,β-unsaturated/α-hetero) is 1. The van der Waals surface area contributed by atoms with E-state index in [1.54, 1.807) is 20.8 Å². The first-order valence-corrected chi connectivity index (χ1v) is 8.85. The molecule has 1 aromatic rings. The van der Waals surface area contributed by atoms with E-state index in [2.05, 4.69) is 23.7 Å². The zero-order chi connectivity index (χ0) is 18.9. The summed E-state index contributed by atoms with van der Waals surface area (Å²) in [6.45, 7) is 11.9. The van der Waals surface area contributed by atoms with E-state index in [0.29, 0.717) is 19.4 Å². The molecular weight excluding hydrogens is 316 g/mol. The number of carbonyl (C=O) groups is 2. The van der Waals surface area contributed by atoms with Crippen LogP contribution in [-0.4, -0.2) is 47.7 Å². The minimum absolute atomic E-state index is 0.110. The summed E-state index contributed by atoms with van der Waals surface area (Å²) in [5.74, 6) is -0.110. The van der Waals surface area contributed by atoms with Crippen LogP contribution in [0, 0.1) is 0 Å². The van der Waals surface area contributed by atoms with Gasteiger partial charge >= 0.3 is 6.09 Å². The highest BCUT2D eigenvalue weighted by atomic mass is 16.6. The predicted octanol–water partition coefficient (Wildman–Crippen LogP) is 3.91. The number of amides is 1. The Hall–Kier alpha value is -2.01. The SMILES string of the molecule is CCN(CC)CCC(=O)C(Cc1ccccc1)=NC(=O)OC(C)(C)C. The number of carbonyl (C=O) groups excluding carboxylic acids is 2. The van der Waals surface area contributed by atoms with Crippen LogP contribution >= 0.6 is 0 Å². The summed E-state index contributed by atoms with van der Waals surface area (Å²) in [6, 6.07) is 9.56. The third-order valence-electron chi connectivity index (χ3n) is 3.71. The average molecular weight is 346 g/mol. The van der Waals surface area contributed by atoms with Crippen molar-refractivity contribution in [3.8, 4) is 0 Å². The minimum Gasteiger partial charge on any atom is -0.442 e. The molecule has 0 aromatic heterocycles. The maximum absolute atomic E-state index is 12.6. The fraction of sp³-hybridized carbons (Fsp3) is 0.550. The molecule has 0 aliphatic carbocycles. The second-order valence-corrected chi connectivity index (χ2v) is 6.90. The molecule has 0 saturated heterocycles. The van der Waals surface area contributed by atoms with Gasteiger partial charge < -0.3 is 9.64 Å². The van der Waals surface area contributed by atoms with Gasteiger partial charge in [0.15, 0.2) is 5.78 Å². The van der Waals surface area contributed by atoms with Gasteiger partial charge in [0, 0.05) is 19.4 Å². The van der Waals surface area contributed by atoms with Crippen LogP contribution < -0.4 is 0 Å². The molecule has 0 aliphatic heterocycles. The van der Waals surface area contributed by atoms with Crippen LogP contribution in [0.5, 0.6) is 0 Å². The van der Waals surface area contributed by atoms with Gasteiger partial charge in [-0.2, -0.15) is 4.99 Å². The van der Waals surface area contributed by atoms with E-state index in [4.69, 9.17) is 4.74 Å². The first-order chi connectivity index (χ1) is 11.7. The molecule has 0 fully saturated rings. The lowest BCUT2D eigenvalue weighted by atomic mass is 10.0.